The molecule has 0 aliphatic heterocycles. The van der Waals surface area contributed by atoms with Crippen molar-refractivity contribution in [3.8, 4) is 5.75 Å². The molecule has 0 saturated heterocycles. The van der Waals surface area contributed by atoms with Crippen molar-refractivity contribution in [2.45, 2.75) is 32.0 Å². The molecule has 0 bridgehead atoms. The smallest absolute Gasteiger partial charge is 0.404 e. The first-order valence-electron chi connectivity index (χ1n) is 10.4. The van der Waals surface area contributed by atoms with Gasteiger partial charge in [-0.15, -0.1) is 13.2 Å². The number of rotatable bonds is 9. The number of benzene rings is 2. The number of anilines is 4. The van der Waals surface area contributed by atoms with Gasteiger partial charge in [0.25, 0.3) is 10.0 Å². The topological polar surface area (TPSA) is 96.5 Å². The Morgan fingerprint density at radius 1 is 0.971 bits per heavy atom. The fraction of sp³-hybridized carbons (Fsp3) is 0.273. The number of aromatic nitrogens is 2. The largest absolute Gasteiger partial charge is 0.573 e. The van der Waals surface area contributed by atoms with Crippen LogP contribution in [0, 0.1) is 6.92 Å². The van der Waals surface area contributed by atoms with Crippen molar-refractivity contribution in [3.05, 3.63) is 60.4 Å². The average Bonchev–Trinajstić information content (AvgIpc) is 2.75. The molecule has 0 aliphatic rings. The lowest BCUT2D eigenvalue weighted by atomic mass is 10.3. The molecule has 12 heteroatoms. The van der Waals surface area contributed by atoms with Crippen LogP contribution < -0.4 is 19.7 Å². The highest BCUT2D eigenvalue weighted by atomic mass is 32.2. The molecular weight excluding hydrogens is 471 g/mol. The van der Waals surface area contributed by atoms with Crippen LogP contribution in [0.1, 0.15) is 19.7 Å². The van der Waals surface area contributed by atoms with Gasteiger partial charge in [-0.05, 0) is 57.2 Å². The van der Waals surface area contributed by atoms with E-state index in [1.54, 1.807) is 19.1 Å². The second kappa shape index (κ2) is 10.2. The molecule has 1 heterocycles. The molecule has 0 fully saturated rings. The van der Waals surface area contributed by atoms with Crippen LogP contribution in [0.25, 0.3) is 0 Å². The van der Waals surface area contributed by atoms with Crippen LogP contribution in [0.4, 0.5) is 36.2 Å². The Morgan fingerprint density at radius 2 is 1.59 bits per heavy atom. The van der Waals surface area contributed by atoms with Crippen LogP contribution >= 0.6 is 0 Å². The van der Waals surface area contributed by atoms with Crippen LogP contribution in [0.15, 0.2) is 59.5 Å². The van der Waals surface area contributed by atoms with Crippen molar-refractivity contribution in [2.75, 3.05) is 28.0 Å². The second-order valence-electron chi connectivity index (χ2n) is 7.13. The van der Waals surface area contributed by atoms with Crippen molar-refractivity contribution in [2.24, 2.45) is 0 Å². The summed E-state index contributed by atoms with van der Waals surface area (Å²) in [5.74, 6) is 1.13. The lowest BCUT2D eigenvalue weighted by Gasteiger charge is -2.20. The monoisotopic (exact) mass is 495 g/mol. The summed E-state index contributed by atoms with van der Waals surface area (Å²) < 4.78 is 69.4. The Morgan fingerprint density at radius 3 is 2.21 bits per heavy atom. The molecule has 182 valence electrons. The molecule has 3 aromatic rings. The van der Waals surface area contributed by atoms with Crippen molar-refractivity contribution < 1.29 is 26.3 Å². The normalized spacial score (nSPS) is 11.7. The lowest BCUT2D eigenvalue weighted by Crippen LogP contribution is -2.23. The highest BCUT2D eigenvalue weighted by Crippen LogP contribution is 2.31. The first-order chi connectivity index (χ1) is 16.0. The molecule has 34 heavy (non-hydrogen) atoms. The fourth-order valence-corrected chi connectivity index (χ4v) is 4.37. The number of ether oxygens (including phenoxy) is 1. The SMILES string of the molecule is CCN(CC)c1cc(Nc2ccc(NS(=O)(=O)c3ccccc3OC(F)(F)F)cc2)nc(C)n1. The summed E-state index contributed by atoms with van der Waals surface area (Å²) in [4.78, 5) is 10.3. The Bertz CT molecular complexity index is 1230. The van der Waals surface area contributed by atoms with E-state index in [9.17, 15) is 21.6 Å². The summed E-state index contributed by atoms with van der Waals surface area (Å²) in [5.41, 5.74) is 0.794. The summed E-state index contributed by atoms with van der Waals surface area (Å²) in [6.45, 7) is 7.43. The Hall–Kier alpha value is -3.54. The number of nitrogens with one attached hydrogen (secondary N) is 2. The van der Waals surface area contributed by atoms with Crippen molar-refractivity contribution in [1.82, 2.24) is 9.97 Å². The molecule has 0 aliphatic carbocycles. The number of alkyl halides is 3. The summed E-state index contributed by atoms with van der Waals surface area (Å²) in [5, 5.41) is 3.14. The Kier molecular flexibility index (Phi) is 7.50. The zero-order valence-corrected chi connectivity index (χ0v) is 19.5. The molecular formula is C22H24F3N5O3S. The van der Waals surface area contributed by atoms with E-state index in [1.807, 2.05) is 19.9 Å². The molecule has 0 spiro atoms. The number of halogens is 3. The zero-order chi connectivity index (χ0) is 24.9. The van der Waals surface area contributed by atoms with E-state index in [-0.39, 0.29) is 5.69 Å². The number of hydrogen-bond acceptors (Lipinski definition) is 7. The minimum absolute atomic E-state index is 0.162. The minimum atomic E-state index is -5.02. The molecule has 2 N–H and O–H groups in total. The molecule has 0 unspecified atom stereocenters. The van der Waals surface area contributed by atoms with Crippen LogP contribution in [0.5, 0.6) is 5.75 Å². The maximum Gasteiger partial charge on any atom is 0.573 e. The molecule has 8 nitrogen and oxygen atoms in total. The lowest BCUT2D eigenvalue weighted by molar-refractivity contribution is -0.275. The van der Waals surface area contributed by atoms with Crippen LogP contribution in [-0.4, -0.2) is 37.8 Å². The predicted molar refractivity (Wildman–Crippen MR) is 124 cm³/mol. The third-order valence-corrected chi connectivity index (χ3v) is 6.11. The number of para-hydroxylation sites is 1. The molecule has 0 atom stereocenters. The van der Waals surface area contributed by atoms with Crippen molar-refractivity contribution in [3.63, 3.8) is 0 Å². The zero-order valence-electron chi connectivity index (χ0n) is 18.7. The minimum Gasteiger partial charge on any atom is -0.404 e. The van der Waals surface area contributed by atoms with E-state index in [0.29, 0.717) is 17.3 Å². The third kappa shape index (κ3) is 6.50. The van der Waals surface area contributed by atoms with Gasteiger partial charge in [0.1, 0.15) is 28.1 Å². The van der Waals surface area contributed by atoms with Gasteiger partial charge in [-0.1, -0.05) is 12.1 Å². The van der Waals surface area contributed by atoms with E-state index >= 15 is 0 Å². The van der Waals surface area contributed by atoms with E-state index < -0.39 is 27.0 Å². The Labute approximate surface area is 195 Å². The van der Waals surface area contributed by atoms with Crippen molar-refractivity contribution in [1.29, 1.82) is 0 Å². The highest BCUT2D eigenvalue weighted by molar-refractivity contribution is 7.92. The average molecular weight is 496 g/mol. The first kappa shape index (κ1) is 25.1. The highest BCUT2D eigenvalue weighted by Gasteiger charge is 2.34. The van der Waals surface area contributed by atoms with Gasteiger partial charge in [-0.25, -0.2) is 18.4 Å². The third-order valence-electron chi connectivity index (χ3n) is 4.69. The number of hydrogen-bond donors (Lipinski definition) is 2. The molecule has 2 aromatic carbocycles. The molecule has 0 saturated carbocycles. The maximum atomic E-state index is 12.7. The van der Waals surface area contributed by atoms with E-state index in [4.69, 9.17) is 0 Å². The predicted octanol–water partition coefficient (Wildman–Crippen LogP) is 5.07. The number of nitrogens with zero attached hydrogens (tertiary/aromatic N) is 3. The summed E-state index contributed by atoms with van der Waals surface area (Å²) in [6, 6.07) is 12.5. The number of sulfonamides is 1. The fourth-order valence-electron chi connectivity index (χ4n) is 3.19. The maximum absolute atomic E-state index is 12.7. The van der Waals surface area contributed by atoms with Gasteiger partial charge in [0.2, 0.25) is 0 Å². The first-order valence-corrected chi connectivity index (χ1v) is 11.8. The molecule has 0 amide bonds. The second-order valence-corrected chi connectivity index (χ2v) is 8.78. The van der Waals surface area contributed by atoms with E-state index in [2.05, 4.69) is 29.6 Å². The van der Waals surface area contributed by atoms with Crippen LogP contribution in [0.2, 0.25) is 0 Å². The van der Waals surface area contributed by atoms with Gasteiger partial charge in [-0.2, -0.15) is 0 Å². The molecule has 0 radical (unpaired) electrons. The quantitative estimate of drug-likeness (QED) is 0.428. The number of aryl methyl sites for hydroxylation is 1. The van der Waals surface area contributed by atoms with E-state index in [0.717, 1.165) is 31.0 Å². The molecule has 3 rings (SSSR count). The van der Waals surface area contributed by atoms with Gasteiger partial charge in [0.05, 0.1) is 0 Å². The van der Waals surface area contributed by atoms with Crippen LogP contribution in [0.3, 0.4) is 0 Å². The molecule has 1 aromatic heterocycles. The van der Waals surface area contributed by atoms with Crippen molar-refractivity contribution >= 4 is 33.0 Å². The van der Waals surface area contributed by atoms with Crippen LogP contribution in [-0.2, 0) is 10.0 Å². The standard InChI is InChI=1S/C22H24F3N5O3S/c1-4-30(5-2)21-14-20(26-15(3)27-21)28-16-10-12-17(13-11-16)29-34(31,32)19-9-7-6-8-18(19)33-22(23,24)25/h6-14,29H,4-5H2,1-3H3,(H,26,27,28). The summed E-state index contributed by atoms with van der Waals surface area (Å²) >= 11 is 0. The van der Waals surface area contributed by atoms with Gasteiger partial charge >= 0.3 is 6.36 Å². The van der Waals surface area contributed by atoms with Gasteiger partial charge in [0, 0.05) is 30.5 Å². The summed E-state index contributed by atoms with van der Waals surface area (Å²) in [6.07, 6.45) is -5.02. The van der Waals surface area contributed by atoms with E-state index in [1.165, 1.54) is 24.3 Å². The van der Waals surface area contributed by atoms with Gasteiger partial charge in [0.15, 0.2) is 0 Å². The van der Waals surface area contributed by atoms with Gasteiger partial charge in [-0.3, -0.25) is 4.72 Å². The summed E-state index contributed by atoms with van der Waals surface area (Å²) in [7, 11) is -4.34. The Balaban J connectivity index is 1.77. The van der Waals surface area contributed by atoms with Gasteiger partial charge < -0.3 is 15.0 Å².